The standard InChI is InChI=1S/C16H27NO/c1-6-15(7-2)18-16-10-9-14(11-12(16)4)13(5)17-8-3/h9-11,13,15,17H,6-8H2,1-5H3. The molecule has 0 aliphatic rings. The van der Waals surface area contributed by atoms with E-state index in [1.807, 2.05) is 0 Å². The van der Waals surface area contributed by atoms with Gasteiger partial charge < -0.3 is 10.1 Å². The van der Waals surface area contributed by atoms with Gasteiger partial charge in [0.25, 0.3) is 0 Å². The van der Waals surface area contributed by atoms with Gasteiger partial charge in [0.1, 0.15) is 5.75 Å². The van der Waals surface area contributed by atoms with Gasteiger partial charge in [0.15, 0.2) is 0 Å². The molecule has 1 aromatic rings. The van der Waals surface area contributed by atoms with Gasteiger partial charge >= 0.3 is 0 Å². The topological polar surface area (TPSA) is 21.3 Å². The van der Waals surface area contributed by atoms with Gasteiger partial charge in [-0.25, -0.2) is 0 Å². The average molecular weight is 249 g/mol. The highest BCUT2D eigenvalue weighted by molar-refractivity contribution is 5.37. The molecule has 0 spiro atoms. The van der Waals surface area contributed by atoms with E-state index >= 15 is 0 Å². The molecule has 0 saturated carbocycles. The molecule has 1 N–H and O–H groups in total. The summed E-state index contributed by atoms with van der Waals surface area (Å²) < 4.78 is 6.02. The summed E-state index contributed by atoms with van der Waals surface area (Å²) in [6.45, 7) is 11.8. The molecule has 1 rings (SSSR count). The van der Waals surface area contributed by atoms with Gasteiger partial charge in [-0.15, -0.1) is 0 Å². The van der Waals surface area contributed by atoms with Crippen molar-refractivity contribution in [2.24, 2.45) is 0 Å². The van der Waals surface area contributed by atoms with Crippen molar-refractivity contribution in [3.63, 3.8) is 0 Å². The summed E-state index contributed by atoms with van der Waals surface area (Å²) in [5.74, 6) is 1.02. The smallest absolute Gasteiger partial charge is 0.122 e. The second-order valence-electron chi connectivity index (χ2n) is 4.86. The third kappa shape index (κ3) is 4.02. The maximum Gasteiger partial charge on any atom is 0.122 e. The predicted octanol–water partition coefficient (Wildman–Crippen LogP) is 4.23. The third-order valence-electron chi connectivity index (χ3n) is 3.41. The molecule has 0 heterocycles. The normalized spacial score (nSPS) is 12.8. The number of rotatable bonds is 7. The zero-order valence-corrected chi connectivity index (χ0v) is 12.4. The van der Waals surface area contributed by atoms with Crippen LogP contribution in [-0.2, 0) is 0 Å². The van der Waals surface area contributed by atoms with Crippen LogP contribution in [0.3, 0.4) is 0 Å². The Bertz CT molecular complexity index is 358. The zero-order valence-electron chi connectivity index (χ0n) is 12.4. The molecule has 0 radical (unpaired) electrons. The molecule has 0 aliphatic heterocycles. The van der Waals surface area contributed by atoms with Gasteiger partial charge in [-0.05, 0) is 50.4 Å². The molecule has 1 unspecified atom stereocenters. The highest BCUT2D eigenvalue weighted by atomic mass is 16.5. The molecule has 2 nitrogen and oxygen atoms in total. The van der Waals surface area contributed by atoms with Crippen LogP contribution in [0.25, 0.3) is 0 Å². The molecule has 102 valence electrons. The first-order valence-corrected chi connectivity index (χ1v) is 7.12. The van der Waals surface area contributed by atoms with E-state index in [0.717, 1.165) is 25.1 Å². The van der Waals surface area contributed by atoms with Gasteiger partial charge in [0, 0.05) is 6.04 Å². The zero-order chi connectivity index (χ0) is 13.5. The number of nitrogens with one attached hydrogen (secondary N) is 1. The third-order valence-corrected chi connectivity index (χ3v) is 3.41. The van der Waals surface area contributed by atoms with Crippen molar-refractivity contribution < 1.29 is 4.74 Å². The van der Waals surface area contributed by atoms with E-state index in [-0.39, 0.29) is 0 Å². The highest BCUT2D eigenvalue weighted by Crippen LogP contribution is 2.24. The van der Waals surface area contributed by atoms with Crippen molar-refractivity contribution >= 4 is 0 Å². The summed E-state index contributed by atoms with van der Waals surface area (Å²) >= 11 is 0. The lowest BCUT2D eigenvalue weighted by Gasteiger charge is -2.19. The summed E-state index contributed by atoms with van der Waals surface area (Å²) in [5.41, 5.74) is 2.55. The quantitative estimate of drug-likeness (QED) is 0.780. The monoisotopic (exact) mass is 249 g/mol. The Kier molecular flexibility index (Phi) is 6.20. The molecular weight excluding hydrogens is 222 g/mol. The highest BCUT2D eigenvalue weighted by Gasteiger charge is 2.10. The second kappa shape index (κ2) is 7.42. The number of hydrogen-bond donors (Lipinski definition) is 1. The van der Waals surface area contributed by atoms with Crippen LogP contribution in [-0.4, -0.2) is 12.6 Å². The van der Waals surface area contributed by atoms with Crippen molar-refractivity contribution in [3.05, 3.63) is 29.3 Å². The number of benzene rings is 1. The van der Waals surface area contributed by atoms with Gasteiger partial charge in [-0.2, -0.15) is 0 Å². The minimum atomic E-state index is 0.334. The van der Waals surface area contributed by atoms with Crippen LogP contribution in [0, 0.1) is 6.92 Å². The Morgan fingerprint density at radius 3 is 2.33 bits per heavy atom. The van der Waals surface area contributed by atoms with Crippen molar-refractivity contribution in [2.75, 3.05) is 6.54 Å². The van der Waals surface area contributed by atoms with Crippen molar-refractivity contribution in [2.45, 2.75) is 59.6 Å². The Morgan fingerprint density at radius 2 is 1.83 bits per heavy atom. The van der Waals surface area contributed by atoms with Crippen LogP contribution in [0.5, 0.6) is 5.75 Å². The SMILES string of the molecule is CCNC(C)c1ccc(OC(CC)CC)c(C)c1. The first-order valence-electron chi connectivity index (χ1n) is 7.12. The van der Waals surface area contributed by atoms with Crippen LogP contribution in [0.1, 0.15) is 57.7 Å². The van der Waals surface area contributed by atoms with Crippen molar-refractivity contribution in [3.8, 4) is 5.75 Å². The predicted molar refractivity (Wildman–Crippen MR) is 78.3 cm³/mol. The van der Waals surface area contributed by atoms with Gasteiger partial charge in [0.2, 0.25) is 0 Å². The molecule has 1 aromatic carbocycles. The lowest BCUT2D eigenvalue weighted by Crippen LogP contribution is -2.18. The van der Waals surface area contributed by atoms with E-state index < -0.39 is 0 Å². The molecular formula is C16H27NO. The second-order valence-corrected chi connectivity index (χ2v) is 4.86. The van der Waals surface area contributed by atoms with E-state index in [1.165, 1.54) is 11.1 Å². The molecule has 0 aromatic heterocycles. The lowest BCUT2D eigenvalue weighted by atomic mass is 10.0. The van der Waals surface area contributed by atoms with Gasteiger partial charge in [-0.1, -0.05) is 32.9 Å². The van der Waals surface area contributed by atoms with Crippen LogP contribution >= 0.6 is 0 Å². The summed E-state index contributed by atoms with van der Waals surface area (Å²) in [5, 5.41) is 3.43. The van der Waals surface area contributed by atoms with Crippen LogP contribution in [0.15, 0.2) is 18.2 Å². The largest absolute Gasteiger partial charge is 0.490 e. The van der Waals surface area contributed by atoms with Gasteiger partial charge in [0.05, 0.1) is 6.10 Å². The minimum absolute atomic E-state index is 0.334. The summed E-state index contributed by atoms with van der Waals surface area (Å²) in [4.78, 5) is 0. The van der Waals surface area contributed by atoms with Crippen LogP contribution in [0.2, 0.25) is 0 Å². The molecule has 1 atom stereocenters. The molecule has 0 aliphatic carbocycles. The van der Waals surface area contributed by atoms with Crippen LogP contribution < -0.4 is 10.1 Å². The van der Waals surface area contributed by atoms with E-state index in [0.29, 0.717) is 12.1 Å². The van der Waals surface area contributed by atoms with E-state index in [2.05, 4.69) is 58.1 Å². The molecule has 0 amide bonds. The molecule has 0 saturated heterocycles. The minimum Gasteiger partial charge on any atom is -0.490 e. The summed E-state index contributed by atoms with van der Waals surface area (Å²) in [7, 11) is 0. The lowest BCUT2D eigenvalue weighted by molar-refractivity contribution is 0.191. The van der Waals surface area contributed by atoms with E-state index in [9.17, 15) is 0 Å². The maximum atomic E-state index is 6.02. The van der Waals surface area contributed by atoms with Crippen molar-refractivity contribution in [1.29, 1.82) is 0 Å². The number of ether oxygens (including phenoxy) is 1. The fourth-order valence-electron chi connectivity index (χ4n) is 2.13. The summed E-state index contributed by atoms with van der Waals surface area (Å²) in [6.07, 6.45) is 2.46. The Hall–Kier alpha value is -1.02. The fraction of sp³-hybridized carbons (Fsp3) is 0.625. The first-order chi connectivity index (χ1) is 8.62. The molecule has 18 heavy (non-hydrogen) atoms. The Balaban J connectivity index is 2.79. The Morgan fingerprint density at radius 1 is 1.17 bits per heavy atom. The number of hydrogen-bond acceptors (Lipinski definition) is 2. The molecule has 0 fully saturated rings. The number of aryl methyl sites for hydroxylation is 1. The average Bonchev–Trinajstić information content (AvgIpc) is 2.37. The van der Waals surface area contributed by atoms with E-state index in [4.69, 9.17) is 4.74 Å². The summed E-state index contributed by atoms with van der Waals surface area (Å²) in [6, 6.07) is 6.90. The molecule has 0 bridgehead atoms. The fourth-order valence-corrected chi connectivity index (χ4v) is 2.13. The van der Waals surface area contributed by atoms with Crippen LogP contribution in [0.4, 0.5) is 0 Å². The van der Waals surface area contributed by atoms with Gasteiger partial charge in [-0.3, -0.25) is 0 Å². The molecule has 2 heteroatoms. The first kappa shape index (κ1) is 15.0. The van der Waals surface area contributed by atoms with E-state index in [1.54, 1.807) is 0 Å². The Labute approximate surface area is 112 Å². The maximum absolute atomic E-state index is 6.02. The van der Waals surface area contributed by atoms with Crippen molar-refractivity contribution in [1.82, 2.24) is 5.32 Å².